The molecule has 0 aliphatic heterocycles. The number of carboxylic acid groups (broad SMARTS) is 2. The Morgan fingerprint density at radius 1 is 1.27 bits per heavy atom. The maximum Gasteiger partial charge on any atom is 0.257 e. The number of allylic oxidation sites excluding steroid dienone is 1. The molecular formula is C14H22N4O4. The van der Waals surface area contributed by atoms with Crippen LogP contribution in [0, 0.1) is 0 Å². The average molecular weight is 310 g/mol. The first-order chi connectivity index (χ1) is 10.5. The Morgan fingerprint density at radius 3 is 2.05 bits per heavy atom. The number of aromatic nitrogens is 4. The average Bonchev–Trinajstić information content (AvgIpc) is 3.02. The van der Waals surface area contributed by atoms with Gasteiger partial charge in [0.05, 0.1) is 27.6 Å². The number of rotatable bonds is 2. The number of H-pyrrole nitrogens is 1. The molecule has 0 bridgehead atoms. The van der Waals surface area contributed by atoms with Crippen molar-refractivity contribution in [2.45, 2.75) is 6.42 Å². The van der Waals surface area contributed by atoms with Gasteiger partial charge in [-0.3, -0.25) is 0 Å². The number of imidazole rings is 2. The van der Waals surface area contributed by atoms with Gasteiger partial charge in [-0.15, -0.1) is 6.58 Å². The Labute approximate surface area is 129 Å². The summed E-state index contributed by atoms with van der Waals surface area (Å²) in [7, 11) is 6.01. The lowest BCUT2D eigenvalue weighted by Crippen LogP contribution is -2.29. The lowest BCUT2D eigenvalue weighted by molar-refractivity contribution is -0.677. The minimum Gasteiger partial charge on any atom is -0.554 e. The molecule has 1 N–H and O–H groups in total. The quantitative estimate of drug-likeness (QED) is 0.366. The van der Waals surface area contributed by atoms with Crippen LogP contribution in [0.1, 0.15) is 5.82 Å². The molecule has 0 atom stereocenters. The second kappa shape index (κ2) is 14.5. The Balaban J connectivity index is 0. The molecule has 8 heteroatoms. The van der Waals surface area contributed by atoms with Gasteiger partial charge >= 0.3 is 0 Å². The highest BCUT2D eigenvalue weighted by molar-refractivity contribution is 5.29. The number of aryl methyl sites for hydroxylation is 3. The summed E-state index contributed by atoms with van der Waals surface area (Å²) in [4.78, 5) is 19.6. The van der Waals surface area contributed by atoms with E-state index in [4.69, 9.17) is 19.8 Å². The van der Waals surface area contributed by atoms with Crippen LogP contribution in [0.5, 0.6) is 0 Å². The third-order valence-electron chi connectivity index (χ3n) is 2.21. The maximum absolute atomic E-state index is 8.25. The minimum absolute atomic E-state index is 0.500. The van der Waals surface area contributed by atoms with Crippen LogP contribution in [0.4, 0.5) is 0 Å². The zero-order valence-electron chi connectivity index (χ0n) is 13.0. The van der Waals surface area contributed by atoms with Crippen molar-refractivity contribution < 1.29 is 28.9 Å². The third kappa shape index (κ3) is 12.2. The third-order valence-corrected chi connectivity index (χ3v) is 2.21. The molecule has 0 fully saturated rings. The first-order valence-electron chi connectivity index (χ1n) is 6.17. The van der Waals surface area contributed by atoms with Crippen molar-refractivity contribution in [3.8, 4) is 0 Å². The summed E-state index contributed by atoms with van der Waals surface area (Å²) in [5.41, 5.74) is 0. The molecule has 2 rings (SSSR count). The smallest absolute Gasteiger partial charge is 0.257 e. The molecule has 0 saturated heterocycles. The Bertz CT molecular complexity index is 512. The fraction of sp³-hybridized carbons (Fsp3) is 0.286. The highest BCUT2D eigenvalue weighted by atomic mass is 16.3. The summed E-state index contributed by atoms with van der Waals surface area (Å²) in [6, 6.07) is 0. The van der Waals surface area contributed by atoms with E-state index in [0.717, 1.165) is 6.42 Å². The summed E-state index contributed by atoms with van der Waals surface area (Å²) in [6.45, 7) is 2.64. The van der Waals surface area contributed by atoms with E-state index in [1.807, 2.05) is 72.0 Å². The maximum atomic E-state index is 8.25. The predicted molar refractivity (Wildman–Crippen MR) is 74.6 cm³/mol. The van der Waals surface area contributed by atoms with Gasteiger partial charge in [-0.05, 0) is 0 Å². The predicted octanol–water partition coefficient (Wildman–Crippen LogP) is -2.85. The van der Waals surface area contributed by atoms with Crippen molar-refractivity contribution in [1.29, 1.82) is 0 Å². The molecule has 0 aliphatic rings. The van der Waals surface area contributed by atoms with Gasteiger partial charge < -0.3 is 19.8 Å². The number of hydrogen-bond donors (Lipinski definition) is 1. The molecule has 0 aliphatic carbocycles. The summed E-state index contributed by atoms with van der Waals surface area (Å²) < 4.78 is 6.04. The van der Waals surface area contributed by atoms with Gasteiger partial charge in [0.2, 0.25) is 6.33 Å². The highest BCUT2D eigenvalue weighted by Crippen LogP contribution is 1.85. The lowest BCUT2D eigenvalue weighted by Gasteiger charge is -1.85. The van der Waals surface area contributed by atoms with Gasteiger partial charge in [0.25, 0.3) is 5.82 Å². The summed E-state index contributed by atoms with van der Waals surface area (Å²) in [5, 5.41) is 16.5. The van der Waals surface area contributed by atoms with E-state index in [1.165, 1.54) is 5.82 Å². The molecule has 0 saturated carbocycles. The van der Waals surface area contributed by atoms with Crippen LogP contribution in [-0.2, 0) is 37.2 Å². The van der Waals surface area contributed by atoms with Crippen molar-refractivity contribution in [2.24, 2.45) is 21.1 Å². The number of nitrogens with one attached hydrogen (secondary N) is 1. The van der Waals surface area contributed by atoms with Crippen molar-refractivity contribution >= 4 is 12.9 Å². The van der Waals surface area contributed by atoms with Gasteiger partial charge in [-0.2, -0.15) is 0 Å². The number of carbonyl (C=O) groups excluding carboxylic acids is 2. The van der Waals surface area contributed by atoms with E-state index in [-0.39, 0.29) is 0 Å². The molecule has 0 amide bonds. The van der Waals surface area contributed by atoms with E-state index in [1.54, 1.807) is 0 Å². The van der Waals surface area contributed by atoms with Gasteiger partial charge in [0.15, 0.2) is 0 Å². The van der Waals surface area contributed by atoms with E-state index >= 15 is 0 Å². The van der Waals surface area contributed by atoms with Gasteiger partial charge in [0, 0.05) is 12.9 Å². The van der Waals surface area contributed by atoms with Crippen LogP contribution in [0.2, 0.25) is 0 Å². The van der Waals surface area contributed by atoms with Crippen molar-refractivity contribution in [3.63, 3.8) is 0 Å². The largest absolute Gasteiger partial charge is 0.554 e. The molecule has 0 spiro atoms. The Hall–Kier alpha value is -2.90. The summed E-state index contributed by atoms with van der Waals surface area (Å²) >= 11 is 0. The monoisotopic (exact) mass is 310 g/mol. The highest BCUT2D eigenvalue weighted by Gasteiger charge is 2.00. The molecular weight excluding hydrogens is 288 g/mol. The first-order valence-corrected chi connectivity index (χ1v) is 6.17. The van der Waals surface area contributed by atoms with Gasteiger partial charge in [0.1, 0.15) is 24.8 Å². The second-order valence-electron chi connectivity index (χ2n) is 3.95. The molecule has 2 heterocycles. The number of carbonyl (C=O) groups is 2. The number of aromatic amines is 1. The molecule has 122 valence electrons. The summed E-state index contributed by atoms with van der Waals surface area (Å²) in [5.74, 6) is 1.19. The Morgan fingerprint density at radius 2 is 1.82 bits per heavy atom. The van der Waals surface area contributed by atoms with Crippen molar-refractivity contribution in [2.75, 3.05) is 0 Å². The minimum atomic E-state index is -0.500. The molecule has 2 aromatic rings. The topological polar surface area (TPSA) is 109 Å². The molecule has 22 heavy (non-hydrogen) atoms. The van der Waals surface area contributed by atoms with E-state index in [2.05, 4.69) is 11.6 Å². The van der Waals surface area contributed by atoms with Gasteiger partial charge in [-0.1, -0.05) is 6.08 Å². The van der Waals surface area contributed by atoms with Crippen molar-refractivity contribution in [1.82, 2.24) is 9.55 Å². The van der Waals surface area contributed by atoms with Crippen LogP contribution >= 0.6 is 0 Å². The molecule has 0 unspecified atom stereocenters. The van der Waals surface area contributed by atoms with E-state index < -0.39 is 12.9 Å². The molecule has 0 aromatic carbocycles. The fourth-order valence-corrected chi connectivity index (χ4v) is 1.35. The normalized spacial score (nSPS) is 7.95. The fourth-order valence-electron chi connectivity index (χ4n) is 1.35. The SMILES string of the molecule is C=CCc1[nH]cc[n+]1C.Cn1cc[n+](C)c1.O=C[O-].O=C[O-]. The van der Waals surface area contributed by atoms with E-state index in [9.17, 15) is 0 Å². The number of hydrogen-bond acceptors (Lipinski definition) is 4. The van der Waals surface area contributed by atoms with Crippen LogP contribution in [0.15, 0.2) is 43.8 Å². The zero-order chi connectivity index (χ0) is 17.4. The van der Waals surface area contributed by atoms with Crippen LogP contribution in [0.25, 0.3) is 0 Å². The van der Waals surface area contributed by atoms with Crippen LogP contribution < -0.4 is 19.3 Å². The number of nitrogens with zero attached hydrogens (tertiary/aromatic N) is 3. The van der Waals surface area contributed by atoms with Crippen LogP contribution in [0.3, 0.4) is 0 Å². The second-order valence-corrected chi connectivity index (χ2v) is 3.95. The first kappa shape index (κ1) is 21.4. The van der Waals surface area contributed by atoms with E-state index in [0.29, 0.717) is 0 Å². The molecule has 0 radical (unpaired) electrons. The zero-order valence-corrected chi connectivity index (χ0v) is 13.0. The lowest BCUT2D eigenvalue weighted by atomic mass is 10.4. The Kier molecular flexibility index (Phi) is 14.1. The summed E-state index contributed by atoms with van der Waals surface area (Å²) in [6.07, 6.45) is 12.7. The van der Waals surface area contributed by atoms with Gasteiger partial charge in [-0.25, -0.2) is 18.7 Å². The molecule has 2 aromatic heterocycles. The molecule has 8 nitrogen and oxygen atoms in total. The van der Waals surface area contributed by atoms with Crippen LogP contribution in [-0.4, -0.2) is 22.5 Å². The standard InChI is InChI=1S/C7H10N2.C5H9N2.2CH2O2/c1-3-4-7-8-5-6-9(7)2;1-6-3-4-7(2)5-6;2*2-1-3/h3,5-6H,1,4H2,2H3;3-5H,1-2H3;2*1H,(H,2,3)/q;+1;;/p-1. The van der Waals surface area contributed by atoms with Crippen molar-refractivity contribution in [3.05, 3.63) is 49.6 Å².